The number of halogens is 5. The van der Waals surface area contributed by atoms with Gasteiger partial charge in [-0.2, -0.15) is 13.2 Å². The average molecular weight is 357 g/mol. The molecule has 0 spiro atoms. The lowest BCUT2D eigenvalue weighted by Crippen LogP contribution is -2.16. The maximum Gasteiger partial charge on any atom is 0.442 e. The molecular formula is C13H13BrF4S. The van der Waals surface area contributed by atoms with E-state index in [9.17, 15) is 17.6 Å². The van der Waals surface area contributed by atoms with Crippen LogP contribution in [0.2, 0.25) is 0 Å². The zero-order chi connectivity index (χ0) is 14.3. The van der Waals surface area contributed by atoms with Crippen LogP contribution < -0.4 is 0 Å². The Hall–Kier alpha value is -0.490. The Morgan fingerprint density at radius 1 is 1.26 bits per heavy atom. The predicted octanol–water partition coefficient (Wildman–Crippen LogP) is 6.36. The van der Waals surface area contributed by atoms with E-state index in [1.54, 1.807) is 6.08 Å². The van der Waals surface area contributed by atoms with Gasteiger partial charge in [0.2, 0.25) is 0 Å². The highest BCUT2D eigenvalue weighted by molar-refractivity contribution is 9.59. The van der Waals surface area contributed by atoms with E-state index in [2.05, 4.69) is 14.8 Å². The molecule has 19 heavy (non-hydrogen) atoms. The van der Waals surface area contributed by atoms with Gasteiger partial charge < -0.3 is 0 Å². The molecule has 0 saturated carbocycles. The van der Waals surface area contributed by atoms with Crippen molar-refractivity contribution < 1.29 is 17.6 Å². The maximum atomic E-state index is 13.5. The summed E-state index contributed by atoms with van der Waals surface area (Å²) >= 11 is 2.92. The van der Waals surface area contributed by atoms with Gasteiger partial charge in [-0.1, -0.05) is 19.4 Å². The number of hydrogen-bond donors (Lipinski definition) is 0. The van der Waals surface area contributed by atoms with E-state index in [0.29, 0.717) is 23.3 Å². The molecule has 1 aromatic rings. The summed E-state index contributed by atoms with van der Waals surface area (Å²) in [4.78, 5) is 0.369. The standard InChI is InChI=1S/C13H13BrF4S/c1-2-3-4-11-7-9-5-6-10(15)8-12(9)19(11,14)13(16,17)18/h5-8H,2-4H2,1H3. The summed E-state index contributed by atoms with van der Waals surface area (Å²) < 4.78 is 53.7. The molecule has 1 aliphatic rings. The molecule has 6 heteroatoms. The molecule has 0 fully saturated rings. The lowest BCUT2D eigenvalue weighted by Gasteiger charge is -2.35. The fourth-order valence-electron chi connectivity index (χ4n) is 2.10. The summed E-state index contributed by atoms with van der Waals surface area (Å²) in [6.45, 7) is 1.93. The molecule has 0 nitrogen and oxygen atoms in total. The molecule has 2 rings (SSSR count). The smallest absolute Gasteiger partial charge is 0.207 e. The number of allylic oxidation sites excluding steroid dienone is 1. The molecule has 1 unspecified atom stereocenters. The molecule has 1 atom stereocenters. The number of rotatable bonds is 3. The Balaban J connectivity index is 2.53. The third-order valence-electron chi connectivity index (χ3n) is 3.05. The molecule has 1 aromatic carbocycles. The van der Waals surface area contributed by atoms with Gasteiger partial charge in [-0.3, -0.25) is 0 Å². The van der Waals surface area contributed by atoms with Gasteiger partial charge >= 0.3 is 5.51 Å². The minimum absolute atomic E-state index is 0.0334. The topological polar surface area (TPSA) is 0 Å². The van der Waals surface area contributed by atoms with Gasteiger partial charge in [-0.05, 0) is 64.8 Å². The predicted molar refractivity (Wildman–Crippen MR) is 74.7 cm³/mol. The zero-order valence-corrected chi connectivity index (χ0v) is 12.6. The first kappa shape index (κ1) is 14.9. The van der Waals surface area contributed by atoms with Crippen LogP contribution in [-0.2, 0) is 0 Å². The summed E-state index contributed by atoms with van der Waals surface area (Å²) in [6, 6.07) is 3.61. The summed E-state index contributed by atoms with van der Waals surface area (Å²) in [5, 5.41) is 0. The first-order valence-electron chi connectivity index (χ1n) is 5.90. The van der Waals surface area contributed by atoms with Gasteiger partial charge in [0.05, 0.1) is 0 Å². The lowest BCUT2D eigenvalue weighted by atomic mass is 10.2. The minimum atomic E-state index is -4.41. The van der Waals surface area contributed by atoms with Gasteiger partial charge in [0.1, 0.15) is 5.82 Å². The Morgan fingerprint density at radius 3 is 2.53 bits per heavy atom. The van der Waals surface area contributed by atoms with Crippen molar-refractivity contribution in [1.82, 2.24) is 0 Å². The van der Waals surface area contributed by atoms with Gasteiger partial charge in [0, 0.05) is 4.90 Å². The van der Waals surface area contributed by atoms with Crippen LogP contribution in [0.4, 0.5) is 17.6 Å². The van der Waals surface area contributed by atoms with E-state index in [1.807, 2.05) is 6.92 Å². The van der Waals surface area contributed by atoms with E-state index < -0.39 is 19.8 Å². The molecule has 0 saturated heterocycles. The van der Waals surface area contributed by atoms with Crippen LogP contribution in [-0.4, -0.2) is 5.51 Å². The second-order valence-corrected chi connectivity index (χ2v) is 9.80. The van der Waals surface area contributed by atoms with Crippen molar-refractivity contribution >= 4 is 29.4 Å². The first-order valence-corrected chi connectivity index (χ1v) is 9.37. The SMILES string of the molecule is CCCCC1=Cc2ccc(F)cc2S1(Br)C(F)(F)F. The minimum Gasteiger partial charge on any atom is -0.207 e. The number of alkyl halides is 3. The fourth-order valence-corrected chi connectivity index (χ4v) is 5.98. The van der Waals surface area contributed by atoms with E-state index in [-0.39, 0.29) is 4.90 Å². The van der Waals surface area contributed by atoms with Gasteiger partial charge in [0.25, 0.3) is 0 Å². The van der Waals surface area contributed by atoms with Crippen molar-refractivity contribution in [3.05, 3.63) is 34.5 Å². The van der Waals surface area contributed by atoms with Gasteiger partial charge in [-0.15, -0.1) is 0 Å². The van der Waals surface area contributed by atoms with E-state index >= 15 is 0 Å². The summed E-state index contributed by atoms with van der Waals surface area (Å²) in [5.74, 6) is -0.635. The van der Waals surface area contributed by atoms with Gasteiger partial charge in [0.15, 0.2) is 0 Å². The van der Waals surface area contributed by atoms with Crippen molar-refractivity contribution in [2.75, 3.05) is 0 Å². The first-order chi connectivity index (χ1) is 8.80. The summed E-state index contributed by atoms with van der Waals surface area (Å²) in [6.07, 6.45) is 3.45. The second-order valence-electron chi connectivity index (χ2n) is 4.38. The molecule has 0 amide bonds. The third kappa shape index (κ3) is 2.44. The molecule has 0 radical (unpaired) electrons. The normalized spacial score (nSPS) is 25.7. The van der Waals surface area contributed by atoms with Crippen LogP contribution in [0.25, 0.3) is 6.08 Å². The van der Waals surface area contributed by atoms with Crippen LogP contribution in [0.3, 0.4) is 0 Å². The Bertz CT molecular complexity index is 524. The van der Waals surface area contributed by atoms with Crippen molar-refractivity contribution in [3.63, 3.8) is 0 Å². The Labute approximate surface area is 118 Å². The van der Waals surface area contributed by atoms with Crippen LogP contribution in [0, 0.1) is 5.82 Å². The Morgan fingerprint density at radius 2 is 1.95 bits per heavy atom. The van der Waals surface area contributed by atoms with Crippen molar-refractivity contribution in [1.29, 1.82) is 0 Å². The second kappa shape index (κ2) is 5.13. The lowest BCUT2D eigenvalue weighted by molar-refractivity contribution is -0.0355. The van der Waals surface area contributed by atoms with E-state index in [1.165, 1.54) is 12.1 Å². The monoisotopic (exact) mass is 356 g/mol. The average Bonchev–Trinajstić information content (AvgIpc) is 2.61. The Kier molecular flexibility index (Phi) is 4.02. The molecule has 0 aromatic heterocycles. The van der Waals surface area contributed by atoms with Crippen LogP contribution in [0.15, 0.2) is 28.0 Å². The number of benzene rings is 1. The number of hydrogen-bond acceptors (Lipinski definition) is 0. The number of unbranched alkanes of at least 4 members (excludes halogenated alkanes) is 1. The molecular weight excluding hydrogens is 344 g/mol. The maximum absolute atomic E-state index is 13.5. The van der Waals surface area contributed by atoms with E-state index in [0.717, 1.165) is 12.5 Å². The highest BCUT2D eigenvalue weighted by Gasteiger charge is 2.55. The number of fused-ring (bicyclic) bond motifs is 1. The van der Waals surface area contributed by atoms with Crippen LogP contribution >= 0.6 is 23.3 Å². The van der Waals surface area contributed by atoms with Crippen molar-refractivity contribution in [3.8, 4) is 0 Å². The quantitative estimate of drug-likeness (QED) is 0.552. The van der Waals surface area contributed by atoms with E-state index in [4.69, 9.17) is 0 Å². The molecule has 0 bridgehead atoms. The fraction of sp³-hybridized carbons (Fsp3) is 0.385. The molecule has 0 N–H and O–H groups in total. The largest absolute Gasteiger partial charge is 0.442 e. The molecule has 1 aliphatic heterocycles. The highest BCUT2D eigenvalue weighted by atomic mass is 79.9. The van der Waals surface area contributed by atoms with Gasteiger partial charge in [-0.25, -0.2) is 4.39 Å². The third-order valence-corrected chi connectivity index (χ3v) is 9.09. The van der Waals surface area contributed by atoms with Crippen molar-refractivity contribution in [2.45, 2.75) is 36.6 Å². The molecule has 106 valence electrons. The van der Waals surface area contributed by atoms with Crippen molar-refractivity contribution in [2.24, 2.45) is 0 Å². The molecule has 0 aliphatic carbocycles. The zero-order valence-electron chi connectivity index (χ0n) is 10.2. The summed E-state index contributed by atoms with van der Waals surface area (Å²) in [7, 11) is -3.28. The summed E-state index contributed by atoms with van der Waals surface area (Å²) in [5.41, 5.74) is -3.94. The molecule has 1 heterocycles. The van der Waals surface area contributed by atoms with Crippen LogP contribution in [0.1, 0.15) is 31.7 Å². The highest BCUT2D eigenvalue weighted by Crippen LogP contribution is 2.81. The van der Waals surface area contributed by atoms with Crippen LogP contribution in [0.5, 0.6) is 0 Å².